The number of likely N-dealkylation sites (tertiary alicyclic amines) is 1. The van der Waals surface area contributed by atoms with Crippen molar-refractivity contribution in [3.05, 3.63) is 107 Å². The number of ether oxygens (including phenoxy) is 1. The minimum atomic E-state index is -1.06. The Balaban J connectivity index is 1.21. The fourth-order valence-corrected chi connectivity index (χ4v) is 11.0. The molecule has 9 atom stereocenters. The third-order valence-corrected chi connectivity index (χ3v) is 16.2. The smallest absolute Gasteiger partial charge is 0.246 e. The number of hydrogen-bond donors (Lipinski definition) is 6. The summed E-state index contributed by atoms with van der Waals surface area (Å²) < 4.78 is 5.87. The maximum Gasteiger partial charge on any atom is 0.246 e. The first-order chi connectivity index (χ1) is 36.0. The Kier molecular flexibility index (Phi) is 18.2. The molecule has 76 heavy (non-hydrogen) atoms. The molecule has 5 unspecified atom stereocenters. The molecule has 7 rings (SSSR count). The van der Waals surface area contributed by atoms with Gasteiger partial charge in [0.1, 0.15) is 24.2 Å². The number of aryl methyl sites for hydroxylation is 1. The Morgan fingerprint density at radius 1 is 0.711 bits per heavy atom. The van der Waals surface area contributed by atoms with Crippen molar-refractivity contribution < 1.29 is 38.3 Å². The maximum atomic E-state index is 15.9. The molecular formula is C59H83N9O8. The molecule has 2 aliphatic carbocycles. The van der Waals surface area contributed by atoms with Gasteiger partial charge in [-0.3, -0.25) is 33.6 Å². The molecule has 412 valence electrons. The zero-order valence-electron chi connectivity index (χ0n) is 46.6. The van der Waals surface area contributed by atoms with Gasteiger partial charge >= 0.3 is 0 Å². The number of amides is 7. The standard InChI is InChI=1S/C59H83N9O8/c1-36(60-9)50(69)64-48(57(3,4)5)54(73)66-32-41-24-16-15-23-40(41)30-46(66)53(72)68(47(34-76-11)39-21-13-12-14-22-39)35-59(28-29-59)56(75)62-42-31-45(52(71)63-44-27-19-25-38-20-17-18-26-43(38)44)67(33-42)55(74)49(58(6,7)8)65-51(70)37(2)61-10/h12-18,20-24,26,36-37,42,44-49,60-61H,19,25,27-35H2,1-11H3,(H,62,75)(H,63,71)(H,64,69)(H,65,70)/t36?,37?,42-,44+,45-,46?,47+,48?,49?/m0/s1. The number of hydrogen-bond acceptors (Lipinski definition) is 10. The molecule has 4 aliphatic rings. The first-order valence-electron chi connectivity index (χ1n) is 27.2. The van der Waals surface area contributed by atoms with E-state index in [0.29, 0.717) is 12.8 Å². The van der Waals surface area contributed by atoms with Crippen molar-refractivity contribution in [1.82, 2.24) is 46.6 Å². The van der Waals surface area contributed by atoms with Gasteiger partial charge in [0.25, 0.3) is 0 Å². The number of benzene rings is 3. The zero-order chi connectivity index (χ0) is 55.3. The number of methoxy groups -OCH3 is 1. The second kappa shape index (κ2) is 24.0. The lowest BCUT2D eigenvalue weighted by Crippen LogP contribution is -2.62. The monoisotopic (exact) mass is 1050 g/mol. The summed E-state index contributed by atoms with van der Waals surface area (Å²) in [5.74, 6) is -2.54. The van der Waals surface area contributed by atoms with Crippen LogP contribution in [0.3, 0.4) is 0 Å². The van der Waals surface area contributed by atoms with Crippen LogP contribution < -0.4 is 31.9 Å². The van der Waals surface area contributed by atoms with Gasteiger partial charge in [0, 0.05) is 39.2 Å². The van der Waals surface area contributed by atoms with Crippen LogP contribution in [0.25, 0.3) is 0 Å². The summed E-state index contributed by atoms with van der Waals surface area (Å²) >= 11 is 0. The van der Waals surface area contributed by atoms with Gasteiger partial charge in [-0.25, -0.2) is 0 Å². The summed E-state index contributed by atoms with van der Waals surface area (Å²) in [6.45, 7) is 14.9. The molecule has 17 heteroatoms. The molecule has 0 aromatic heterocycles. The Morgan fingerprint density at radius 3 is 1.83 bits per heavy atom. The Labute approximate surface area is 449 Å². The molecule has 0 radical (unpaired) electrons. The predicted molar refractivity (Wildman–Crippen MR) is 291 cm³/mol. The summed E-state index contributed by atoms with van der Waals surface area (Å²) in [4.78, 5) is 108. The molecule has 3 aromatic rings. The van der Waals surface area contributed by atoms with Crippen LogP contribution >= 0.6 is 0 Å². The minimum absolute atomic E-state index is 0.0119. The lowest BCUT2D eigenvalue weighted by molar-refractivity contribution is -0.154. The van der Waals surface area contributed by atoms with Gasteiger partial charge in [-0.05, 0) is 105 Å². The molecule has 3 aromatic carbocycles. The number of nitrogens with zero attached hydrogens (tertiary/aromatic N) is 3. The van der Waals surface area contributed by atoms with Crippen molar-refractivity contribution in [2.75, 3.05) is 40.9 Å². The van der Waals surface area contributed by atoms with Crippen LogP contribution in [-0.2, 0) is 57.7 Å². The summed E-state index contributed by atoms with van der Waals surface area (Å²) in [6, 6.07) is 18.6. The highest BCUT2D eigenvalue weighted by atomic mass is 16.5. The highest BCUT2D eigenvalue weighted by Gasteiger charge is 2.55. The molecule has 1 saturated carbocycles. The number of nitrogens with one attached hydrogen (secondary N) is 6. The summed E-state index contributed by atoms with van der Waals surface area (Å²) in [7, 11) is 4.91. The van der Waals surface area contributed by atoms with Crippen LogP contribution in [0.1, 0.15) is 127 Å². The normalized spacial score (nSPS) is 21.8. The van der Waals surface area contributed by atoms with E-state index in [2.05, 4.69) is 38.0 Å². The van der Waals surface area contributed by atoms with E-state index < -0.39 is 76.4 Å². The van der Waals surface area contributed by atoms with Gasteiger partial charge in [-0.2, -0.15) is 0 Å². The van der Waals surface area contributed by atoms with Crippen LogP contribution in [0.15, 0.2) is 78.9 Å². The Bertz CT molecular complexity index is 2590. The molecule has 0 bridgehead atoms. The highest BCUT2D eigenvalue weighted by molar-refractivity contribution is 5.96. The number of carbonyl (C=O) groups excluding carboxylic acids is 7. The van der Waals surface area contributed by atoms with Crippen LogP contribution in [0.2, 0.25) is 0 Å². The van der Waals surface area contributed by atoms with E-state index in [0.717, 1.165) is 41.5 Å². The first-order valence-corrected chi connectivity index (χ1v) is 27.2. The Hall–Kier alpha value is -6.17. The quantitative estimate of drug-likeness (QED) is 0.0991. The van der Waals surface area contributed by atoms with E-state index >= 15 is 14.4 Å². The molecule has 6 N–H and O–H groups in total. The first kappa shape index (κ1) is 57.5. The van der Waals surface area contributed by atoms with Gasteiger partial charge in [-0.1, -0.05) is 120 Å². The fraction of sp³-hybridized carbons (Fsp3) is 0.576. The summed E-state index contributed by atoms with van der Waals surface area (Å²) in [5, 5.41) is 18.4. The van der Waals surface area contributed by atoms with Crippen molar-refractivity contribution in [2.45, 2.75) is 161 Å². The van der Waals surface area contributed by atoms with E-state index in [1.54, 1.807) is 44.9 Å². The van der Waals surface area contributed by atoms with Crippen LogP contribution in [0.5, 0.6) is 0 Å². The molecule has 2 aliphatic heterocycles. The number of carbonyl (C=O) groups is 7. The third-order valence-electron chi connectivity index (χ3n) is 16.2. The molecule has 2 fully saturated rings. The van der Waals surface area contributed by atoms with Gasteiger partial charge in [0.2, 0.25) is 41.4 Å². The van der Waals surface area contributed by atoms with Crippen molar-refractivity contribution >= 4 is 41.4 Å². The largest absolute Gasteiger partial charge is 0.382 e. The predicted octanol–water partition coefficient (Wildman–Crippen LogP) is 4.49. The average molecular weight is 1050 g/mol. The number of rotatable bonds is 19. The highest BCUT2D eigenvalue weighted by Crippen LogP contribution is 2.48. The van der Waals surface area contributed by atoms with Gasteiger partial charge < -0.3 is 51.3 Å². The van der Waals surface area contributed by atoms with Crippen molar-refractivity contribution in [2.24, 2.45) is 16.2 Å². The molecule has 17 nitrogen and oxygen atoms in total. The number of likely N-dealkylation sites (N-methyl/N-ethyl adjacent to an activating group) is 2. The van der Waals surface area contributed by atoms with E-state index in [4.69, 9.17) is 4.74 Å². The van der Waals surface area contributed by atoms with Gasteiger partial charge in [-0.15, -0.1) is 0 Å². The second-order valence-electron chi connectivity index (χ2n) is 23.8. The fourth-order valence-electron chi connectivity index (χ4n) is 11.0. The van der Waals surface area contributed by atoms with Crippen molar-refractivity contribution in [3.8, 4) is 0 Å². The summed E-state index contributed by atoms with van der Waals surface area (Å²) in [6.07, 6.45) is 3.77. The molecular weight excluding hydrogens is 963 g/mol. The molecule has 1 saturated heterocycles. The Morgan fingerprint density at radius 2 is 1.26 bits per heavy atom. The van der Waals surface area contributed by atoms with Gasteiger partial charge in [0.05, 0.1) is 36.2 Å². The summed E-state index contributed by atoms with van der Waals surface area (Å²) in [5.41, 5.74) is 2.27. The van der Waals surface area contributed by atoms with Crippen molar-refractivity contribution in [3.63, 3.8) is 0 Å². The lowest BCUT2D eigenvalue weighted by atomic mass is 9.84. The third kappa shape index (κ3) is 13.0. The second-order valence-corrected chi connectivity index (χ2v) is 23.8. The minimum Gasteiger partial charge on any atom is -0.382 e. The molecule has 2 heterocycles. The lowest BCUT2D eigenvalue weighted by Gasteiger charge is -2.44. The van der Waals surface area contributed by atoms with Crippen LogP contribution in [-0.4, -0.2) is 139 Å². The van der Waals surface area contributed by atoms with Crippen LogP contribution in [0, 0.1) is 16.2 Å². The molecule has 0 spiro atoms. The van der Waals surface area contributed by atoms with Crippen molar-refractivity contribution in [1.29, 1.82) is 0 Å². The number of fused-ring (bicyclic) bond motifs is 2. The van der Waals surface area contributed by atoms with E-state index in [1.807, 2.05) is 114 Å². The van der Waals surface area contributed by atoms with E-state index in [1.165, 1.54) is 10.5 Å². The average Bonchev–Trinajstić information content (AvgIpc) is 4.08. The SMILES string of the molecule is CNC(C)C(=O)NC(C(=O)N1Cc2ccccc2CC1C(=O)N(CC1(C(=O)N[C@H]2C[C@@H](C(=O)N[C@@H]3CCCc4ccccc43)N(C(=O)C(NC(=O)C(C)NC)C(C)(C)C)C2)CC1)[C@H](COC)c1ccccc1)C(C)(C)C. The van der Waals surface area contributed by atoms with Crippen LogP contribution in [0.4, 0.5) is 0 Å². The topological polar surface area (TPSA) is 211 Å². The maximum absolute atomic E-state index is 15.9. The molecule has 7 amide bonds. The van der Waals surface area contributed by atoms with E-state index in [9.17, 15) is 19.2 Å². The van der Waals surface area contributed by atoms with Gasteiger partial charge in [0.15, 0.2) is 0 Å². The van der Waals surface area contributed by atoms with E-state index in [-0.39, 0.29) is 74.7 Å². The zero-order valence-corrected chi connectivity index (χ0v) is 46.6.